The van der Waals surface area contributed by atoms with Gasteiger partial charge in [-0.05, 0) is 24.3 Å². The molecule has 98 valence electrons. The standard InChI is InChI=1S/C13H5Cl2F3O/c14-6-1-2-7(9(15)3-6)13(19)8-4-11(17)12(18)5-10(8)16/h1-5H. The van der Waals surface area contributed by atoms with E-state index in [1.54, 1.807) is 0 Å². The highest BCUT2D eigenvalue weighted by molar-refractivity contribution is 6.37. The zero-order chi connectivity index (χ0) is 14.2. The van der Waals surface area contributed by atoms with E-state index in [2.05, 4.69) is 0 Å². The van der Waals surface area contributed by atoms with Crippen LogP contribution in [-0.4, -0.2) is 5.78 Å². The van der Waals surface area contributed by atoms with Gasteiger partial charge in [0.25, 0.3) is 0 Å². The van der Waals surface area contributed by atoms with Crippen LogP contribution in [-0.2, 0) is 0 Å². The predicted octanol–water partition coefficient (Wildman–Crippen LogP) is 4.64. The molecule has 0 radical (unpaired) electrons. The Morgan fingerprint density at radius 1 is 0.842 bits per heavy atom. The van der Waals surface area contributed by atoms with Crippen LogP contribution in [0.1, 0.15) is 15.9 Å². The van der Waals surface area contributed by atoms with E-state index in [1.807, 2.05) is 0 Å². The van der Waals surface area contributed by atoms with E-state index < -0.39 is 28.8 Å². The van der Waals surface area contributed by atoms with Crippen molar-refractivity contribution in [2.75, 3.05) is 0 Å². The highest BCUT2D eigenvalue weighted by atomic mass is 35.5. The van der Waals surface area contributed by atoms with Crippen LogP contribution in [0.15, 0.2) is 30.3 Å². The summed E-state index contributed by atoms with van der Waals surface area (Å²) in [4.78, 5) is 12.0. The minimum atomic E-state index is -1.36. The van der Waals surface area contributed by atoms with Crippen molar-refractivity contribution in [1.29, 1.82) is 0 Å². The topological polar surface area (TPSA) is 17.1 Å². The SMILES string of the molecule is O=C(c1cc(F)c(F)cc1F)c1ccc(Cl)cc1Cl. The zero-order valence-electron chi connectivity index (χ0n) is 9.18. The summed E-state index contributed by atoms with van der Waals surface area (Å²) in [5, 5.41) is 0.300. The van der Waals surface area contributed by atoms with Crippen molar-refractivity contribution in [3.8, 4) is 0 Å². The fraction of sp³-hybridized carbons (Fsp3) is 0. The number of hydrogen-bond donors (Lipinski definition) is 0. The highest BCUT2D eigenvalue weighted by Crippen LogP contribution is 2.25. The molecule has 0 heterocycles. The van der Waals surface area contributed by atoms with Crippen LogP contribution in [0.5, 0.6) is 0 Å². The largest absolute Gasteiger partial charge is 0.288 e. The van der Waals surface area contributed by atoms with Crippen LogP contribution in [0.25, 0.3) is 0 Å². The Labute approximate surface area is 116 Å². The number of benzene rings is 2. The van der Waals surface area contributed by atoms with Crippen LogP contribution in [0, 0.1) is 17.5 Å². The van der Waals surface area contributed by atoms with E-state index in [4.69, 9.17) is 23.2 Å². The Bertz CT molecular complexity index is 671. The van der Waals surface area contributed by atoms with Gasteiger partial charge in [0.1, 0.15) is 5.82 Å². The molecule has 0 fully saturated rings. The maximum absolute atomic E-state index is 13.5. The maximum Gasteiger partial charge on any atom is 0.197 e. The molecule has 0 N–H and O–H groups in total. The number of carbonyl (C=O) groups is 1. The van der Waals surface area contributed by atoms with Crippen LogP contribution >= 0.6 is 23.2 Å². The summed E-state index contributed by atoms with van der Waals surface area (Å²) < 4.78 is 39.3. The molecule has 2 aromatic carbocycles. The van der Waals surface area contributed by atoms with Gasteiger partial charge in [0.2, 0.25) is 0 Å². The molecule has 0 aliphatic heterocycles. The van der Waals surface area contributed by atoms with Crippen molar-refractivity contribution in [1.82, 2.24) is 0 Å². The molecule has 0 unspecified atom stereocenters. The summed E-state index contributed by atoms with van der Waals surface area (Å²) in [5.74, 6) is -4.68. The van der Waals surface area contributed by atoms with Crippen molar-refractivity contribution < 1.29 is 18.0 Å². The lowest BCUT2D eigenvalue weighted by Crippen LogP contribution is -2.07. The maximum atomic E-state index is 13.5. The molecule has 2 rings (SSSR count). The van der Waals surface area contributed by atoms with Crippen LogP contribution in [0.3, 0.4) is 0 Å². The van der Waals surface area contributed by atoms with Gasteiger partial charge < -0.3 is 0 Å². The van der Waals surface area contributed by atoms with Crippen molar-refractivity contribution in [3.63, 3.8) is 0 Å². The second-order valence-electron chi connectivity index (χ2n) is 3.70. The molecule has 0 saturated carbocycles. The first-order valence-corrected chi connectivity index (χ1v) is 5.80. The first-order valence-electron chi connectivity index (χ1n) is 5.04. The smallest absolute Gasteiger partial charge is 0.197 e. The van der Waals surface area contributed by atoms with Gasteiger partial charge >= 0.3 is 0 Å². The molecule has 0 aliphatic rings. The van der Waals surface area contributed by atoms with Crippen LogP contribution < -0.4 is 0 Å². The molecule has 19 heavy (non-hydrogen) atoms. The Kier molecular flexibility index (Phi) is 3.83. The van der Waals surface area contributed by atoms with Gasteiger partial charge in [-0.1, -0.05) is 23.2 Å². The quantitative estimate of drug-likeness (QED) is 0.583. The molecule has 0 saturated heterocycles. The normalized spacial score (nSPS) is 10.6. The summed E-state index contributed by atoms with van der Waals surface area (Å²) in [6, 6.07) is 4.78. The third kappa shape index (κ3) is 2.74. The van der Waals surface area contributed by atoms with Gasteiger partial charge in [-0.15, -0.1) is 0 Å². The van der Waals surface area contributed by atoms with Crippen molar-refractivity contribution in [3.05, 3.63) is 69.0 Å². The summed E-state index contributed by atoms with van der Waals surface area (Å²) in [5.41, 5.74) is -0.640. The lowest BCUT2D eigenvalue weighted by molar-refractivity contribution is 0.103. The number of carbonyl (C=O) groups excluding carboxylic acids is 1. The van der Waals surface area contributed by atoms with Gasteiger partial charge in [-0.3, -0.25) is 4.79 Å². The van der Waals surface area contributed by atoms with Gasteiger partial charge in [0, 0.05) is 16.7 Å². The third-order valence-corrected chi connectivity index (χ3v) is 2.98. The molecule has 0 spiro atoms. The molecule has 6 heteroatoms. The lowest BCUT2D eigenvalue weighted by atomic mass is 10.0. The minimum absolute atomic E-state index is 0.00151. The van der Waals surface area contributed by atoms with Crippen LogP contribution in [0.4, 0.5) is 13.2 Å². The first-order chi connectivity index (χ1) is 8.90. The highest BCUT2D eigenvalue weighted by Gasteiger charge is 2.19. The van der Waals surface area contributed by atoms with E-state index >= 15 is 0 Å². The van der Waals surface area contributed by atoms with E-state index in [1.165, 1.54) is 18.2 Å². The predicted molar refractivity (Wildman–Crippen MR) is 66.2 cm³/mol. The molecule has 0 atom stereocenters. The number of halogens is 5. The van der Waals surface area contributed by atoms with E-state index in [0.717, 1.165) is 0 Å². The second kappa shape index (κ2) is 5.23. The number of hydrogen-bond acceptors (Lipinski definition) is 1. The monoisotopic (exact) mass is 304 g/mol. The third-order valence-electron chi connectivity index (χ3n) is 2.43. The average Bonchev–Trinajstić information content (AvgIpc) is 2.33. The van der Waals surface area contributed by atoms with E-state index in [-0.39, 0.29) is 10.6 Å². The average molecular weight is 305 g/mol. The van der Waals surface area contributed by atoms with Crippen molar-refractivity contribution >= 4 is 29.0 Å². The zero-order valence-corrected chi connectivity index (χ0v) is 10.7. The van der Waals surface area contributed by atoms with Gasteiger partial charge in [0.05, 0.1) is 10.6 Å². The Morgan fingerprint density at radius 3 is 2.11 bits per heavy atom. The molecule has 0 aliphatic carbocycles. The lowest BCUT2D eigenvalue weighted by Gasteiger charge is -2.06. The van der Waals surface area contributed by atoms with Gasteiger partial charge in [-0.25, -0.2) is 13.2 Å². The molecule has 0 aromatic heterocycles. The molecular formula is C13H5Cl2F3O. The summed E-state index contributed by atoms with van der Waals surface area (Å²) in [7, 11) is 0. The minimum Gasteiger partial charge on any atom is -0.288 e. The molecule has 0 bridgehead atoms. The Balaban J connectivity index is 2.53. The number of ketones is 1. The Hall–Kier alpha value is -1.52. The summed E-state index contributed by atoms with van der Waals surface area (Å²) in [6.07, 6.45) is 0. The van der Waals surface area contributed by atoms with Crippen molar-refractivity contribution in [2.45, 2.75) is 0 Å². The Morgan fingerprint density at radius 2 is 1.47 bits per heavy atom. The number of rotatable bonds is 2. The fourth-order valence-electron chi connectivity index (χ4n) is 1.52. The molecule has 0 amide bonds. The van der Waals surface area contributed by atoms with Gasteiger partial charge in [0.15, 0.2) is 17.4 Å². The molecule has 2 aromatic rings. The van der Waals surface area contributed by atoms with Gasteiger partial charge in [-0.2, -0.15) is 0 Å². The first kappa shape index (κ1) is 13.9. The fourth-order valence-corrected chi connectivity index (χ4v) is 2.01. The van der Waals surface area contributed by atoms with E-state index in [9.17, 15) is 18.0 Å². The van der Waals surface area contributed by atoms with Crippen molar-refractivity contribution in [2.24, 2.45) is 0 Å². The summed E-state index contributed by atoms with van der Waals surface area (Å²) in [6.45, 7) is 0. The van der Waals surface area contributed by atoms with E-state index in [0.29, 0.717) is 17.2 Å². The second-order valence-corrected chi connectivity index (χ2v) is 4.54. The molecule has 1 nitrogen and oxygen atoms in total. The molecular weight excluding hydrogens is 300 g/mol. The van der Waals surface area contributed by atoms with Crippen LogP contribution in [0.2, 0.25) is 10.0 Å². The summed E-state index contributed by atoms with van der Waals surface area (Å²) >= 11 is 11.5.